The molecule has 5 aromatic rings. The molecule has 1 N–H and O–H groups in total. The van der Waals surface area contributed by atoms with Crippen molar-refractivity contribution in [3.63, 3.8) is 0 Å². The fraction of sp³-hybridized carbons (Fsp3) is 0.0833. The van der Waals surface area contributed by atoms with Crippen LogP contribution in [-0.2, 0) is 4.79 Å². The third-order valence-electron chi connectivity index (χ3n) is 5.45. The summed E-state index contributed by atoms with van der Waals surface area (Å²) in [6.07, 6.45) is 0. The molecular weight excluding hydrogens is 468 g/mol. The maximum absolute atomic E-state index is 13.4. The van der Waals surface area contributed by atoms with Crippen LogP contribution in [0.3, 0.4) is 0 Å². The van der Waals surface area contributed by atoms with Gasteiger partial charge in [-0.2, -0.15) is 0 Å². The van der Waals surface area contributed by atoms with E-state index in [9.17, 15) is 19.7 Å². The first-order chi connectivity index (χ1) is 16.9. The zero-order valence-corrected chi connectivity index (χ0v) is 19.2. The van der Waals surface area contributed by atoms with Crippen LogP contribution in [0.15, 0.2) is 82.7 Å². The minimum atomic E-state index is -0.501. The van der Waals surface area contributed by atoms with Crippen LogP contribution in [0, 0.1) is 17.0 Å². The number of fused-ring (bicyclic) bond motifs is 3. The van der Waals surface area contributed by atoms with Crippen molar-refractivity contribution in [1.82, 2.24) is 19.2 Å². The van der Waals surface area contributed by atoms with Gasteiger partial charge in [0.2, 0.25) is 11.7 Å². The molecule has 0 spiro atoms. The SMILES string of the molecule is Cc1ccccc1-n1c(=O)c2ccccc2n2c(SCC(=O)Nc3ccc([N+](=O)[O-])cc3)nnc12. The molecule has 2 heterocycles. The van der Waals surface area contributed by atoms with Crippen molar-refractivity contribution in [2.45, 2.75) is 12.1 Å². The van der Waals surface area contributed by atoms with Gasteiger partial charge in [-0.05, 0) is 42.8 Å². The second-order valence-electron chi connectivity index (χ2n) is 7.70. The summed E-state index contributed by atoms with van der Waals surface area (Å²) in [5.74, 6) is 0.0636. The maximum Gasteiger partial charge on any atom is 0.269 e. The Balaban J connectivity index is 1.50. The van der Waals surface area contributed by atoms with E-state index < -0.39 is 4.92 Å². The van der Waals surface area contributed by atoms with Crippen molar-refractivity contribution in [2.75, 3.05) is 11.1 Å². The van der Waals surface area contributed by atoms with Crippen LogP contribution in [0.25, 0.3) is 22.4 Å². The van der Waals surface area contributed by atoms with Gasteiger partial charge in [-0.3, -0.25) is 24.1 Å². The number of aryl methyl sites for hydroxylation is 1. The minimum absolute atomic E-state index is 0.0234. The summed E-state index contributed by atoms with van der Waals surface area (Å²) in [6, 6.07) is 20.3. The lowest BCUT2D eigenvalue weighted by molar-refractivity contribution is -0.384. The zero-order valence-electron chi connectivity index (χ0n) is 18.4. The molecule has 0 saturated carbocycles. The van der Waals surface area contributed by atoms with Crippen LogP contribution < -0.4 is 10.9 Å². The van der Waals surface area contributed by atoms with E-state index in [1.165, 1.54) is 40.6 Å². The fourth-order valence-corrected chi connectivity index (χ4v) is 4.54. The average Bonchev–Trinajstić information content (AvgIpc) is 3.28. The smallest absolute Gasteiger partial charge is 0.269 e. The van der Waals surface area contributed by atoms with E-state index >= 15 is 0 Å². The predicted molar refractivity (Wildman–Crippen MR) is 133 cm³/mol. The Kier molecular flexibility index (Phi) is 5.75. The van der Waals surface area contributed by atoms with E-state index in [1.807, 2.05) is 43.3 Å². The third kappa shape index (κ3) is 4.13. The molecule has 0 aliphatic carbocycles. The van der Waals surface area contributed by atoms with Gasteiger partial charge in [0.1, 0.15) is 0 Å². The number of carbonyl (C=O) groups excluding carboxylic acids is 1. The van der Waals surface area contributed by atoms with Crippen molar-refractivity contribution in [3.8, 4) is 5.69 Å². The number of nitro groups is 1. The molecule has 0 atom stereocenters. The number of nitro benzene ring substituents is 1. The number of hydrogen-bond acceptors (Lipinski definition) is 7. The van der Waals surface area contributed by atoms with Gasteiger partial charge in [-0.15, -0.1) is 10.2 Å². The number of amides is 1. The molecule has 0 bridgehead atoms. The Labute approximate surface area is 202 Å². The maximum atomic E-state index is 13.4. The highest BCUT2D eigenvalue weighted by Crippen LogP contribution is 2.24. The number of nitrogens with one attached hydrogen (secondary N) is 1. The van der Waals surface area contributed by atoms with Crippen LogP contribution in [0.2, 0.25) is 0 Å². The Morgan fingerprint density at radius 2 is 1.74 bits per heavy atom. The Morgan fingerprint density at radius 1 is 1.03 bits per heavy atom. The first kappa shape index (κ1) is 22.3. The molecule has 2 aromatic heterocycles. The number of rotatable bonds is 6. The Hall–Kier alpha value is -4.51. The van der Waals surface area contributed by atoms with Gasteiger partial charge >= 0.3 is 0 Å². The number of para-hydroxylation sites is 2. The average molecular weight is 487 g/mol. The second-order valence-corrected chi connectivity index (χ2v) is 8.65. The van der Waals surface area contributed by atoms with Crippen molar-refractivity contribution < 1.29 is 9.72 Å². The largest absolute Gasteiger partial charge is 0.325 e. The van der Waals surface area contributed by atoms with Gasteiger partial charge < -0.3 is 5.32 Å². The number of carbonyl (C=O) groups is 1. The van der Waals surface area contributed by atoms with Crippen molar-refractivity contribution in [3.05, 3.63) is 98.8 Å². The van der Waals surface area contributed by atoms with Crippen LogP contribution in [0.4, 0.5) is 11.4 Å². The molecule has 35 heavy (non-hydrogen) atoms. The number of anilines is 1. The topological polar surface area (TPSA) is 124 Å². The quantitative estimate of drug-likeness (QED) is 0.219. The molecule has 5 rings (SSSR count). The van der Waals surface area contributed by atoms with Gasteiger partial charge in [-0.25, -0.2) is 4.57 Å². The van der Waals surface area contributed by atoms with Crippen molar-refractivity contribution in [2.24, 2.45) is 0 Å². The van der Waals surface area contributed by atoms with E-state index in [-0.39, 0.29) is 22.9 Å². The molecule has 174 valence electrons. The lowest BCUT2D eigenvalue weighted by Gasteiger charge is -2.13. The van der Waals surface area contributed by atoms with Gasteiger partial charge in [0.25, 0.3) is 11.2 Å². The highest BCUT2D eigenvalue weighted by molar-refractivity contribution is 7.99. The first-order valence-electron chi connectivity index (χ1n) is 10.6. The monoisotopic (exact) mass is 486 g/mol. The summed E-state index contributed by atoms with van der Waals surface area (Å²) in [7, 11) is 0. The first-order valence-corrected chi connectivity index (χ1v) is 11.5. The van der Waals surface area contributed by atoms with Crippen LogP contribution in [-0.4, -0.2) is 35.7 Å². The molecule has 1 amide bonds. The Bertz CT molecular complexity index is 1660. The van der Waals surface area contributed by atoms with Gasteiger partial charge in [0.05, 0.1) is 27.3 Å². The summed E-state index contributed by atoms with van der Waals surface area (Å²) in [6.45, 7) is 1.92. The van der Waals surface area contributed by atoms with Gasteiger partial charge in [-0.1, -0.05) is 42.1 Å². The Morgan fingerprint density at radius 3 is 2.49 bits per heavy atom. The predicted octanol–water partition coefficient (Wildman–Crippen LogP) is 3.98. The number of nitrogens with zero attached hydrogens (tertiary/aromatic N) is 5. The summed E-state index contributed by atoms with van der Waals surface area (Å²) in [5.41, 5.74) is 2.44. The molecule has 0 aliphatic heterocycles. The lowest BCUT2D eigenvalue weighted by atomic mass is 10.2. The van der Waals surface area contributed by atoms with E-state index in [1.54, 1.807) is 16.5 Å². The molecule has 0 unspecified atom stereocenters. The fourth-order valence-electron chi connectivity index (χ4n) is 3.80. The summed E-state index contributed by atoms with van der Waals surface area (Å²) >= 11 is 1.17. The molecule has 10 nitrogen and oxygen atoms in total. The number of hydrogen-bond donors (Lipinski definition) is 1. The minimum Gasteiger partial charge on any atom is -0.325 e. The van der Waals surface area contributed by atoms with E-state index in [4.69, 9.17) is 0 Å². The molecule has 0 saturated heterocycles. The normalized spacial score (nSPS) is 11.1. The highest BCUT2D eigenvalue weighted by Gasteiger charge is 2.19. The molecule has 0 aliphatic rings. The molecule has 0 radical (unpaired) electrons. The molecular formula is C24H18N6O4S. The van der Waals surface area contributed by atoms with Crippen LogP contribution in [0.5, 0.6) is 0 Å². The third-order valence-corrected chi connectivity index (χ3v) is 6.37. The lowest BCUT2D eigenvalue weighted by Crippen LogP contribution is -2.22. The molecule has 0 fully saturated rings. The number of thioether (sulfide) groups is 1. The van der Waals surface area contributed by atoms with Crippen molar-refractivity contribution in [1.29, 1.82) is 0 Å². The number of benzene rings is 3. The van der Waals surface area contributed by atoms with Gasteiger partial charge in [0.15, 0.2) is 5.16 Å². The summed E-state index contributed by atoms with van der Waals surface area (Å²) < 4.78 is 3.30. The number of aromatic nitrogens is 4. The van der Waals surface area contributed by atoms with Crippen LogP contribution in [0.1, 0.15) is 5.56 Å². The zero-order chi connectivity index (χ0) is 24.5. The molecule has 11 heteroatoms. The second kappa shape index (κ2) is 9.03. The number of non-ortho nitro benzene ring substituents is 1. The summed E-state index contributed by atoms with van der Waals surface area (Å²) in [4.78, 5) is 36.2. The van der Waals surface area contributed by atoms with Crippen LogP contribution >= 0.6 is 11.8 Å². The molecule has 3 aromatic carbocycles. The van der Waals surface area contributed by atoms with Crippen molar-refractivity contribution >= 4 is 45.7 Å². The standard InChI is InChI=1S/C24H18N6O4S/c1-15-6-2-4-8-19(15)28-22(32)18-7-3-5-9-20(18)29-23(28)26-27-24(29)35-14-21(31)25-16-10-12-17(13-11-16)30(33)34/h2-13H,14H2,1H3,(H,25,31). The van der Waals surface area contributed by atoms with Gasteiger partial charge in [0, 0.05) is 17.8 Å². The van der Waals surface area contributed by atoms with E-state index in [2.05, 4.69) is 15.5 Å². The van der Waals surface area contributed by atoms with E-state index in [0.29, 0.717) is 33.2 Å². The highest BCUT2D eigenvalue weighted by atomic mass is 32.2. The summed E-state index contributed by atoms with van der Waals surface area (Å²) in [5, 5.41) is 23.0. The van der Waals surface area contributed by atoms with E-state index in [0.717, 1.165) is 5.56 Å².